The summed E-state index contributed by atoms with van der Waals surface area (Å²) in [5, 5.41) is 5.17. The topological polar surface area (TPSA) is 9.86 Å². The number of hydrogen-bond donors (Lipinski definition) is 0. The molecular formula is C45H32N2. The summed E-state index contributed by atoms with van der Waals surface area (Å²) in [7, 11) is 0. The van der Waals surface area contributed by atoms with Gasteiger partial charge in [0, 0.05) is 38.3 Å². The smallest absolute Gasteiger partial charge is 0.0544 e. The highest BCUT2D eigenvalue weighted by Gasteiger charge is 2.38. The highest BCUT2D eigenvalue weighted by atomic mass is 15.0. The van der Waals surface area contributed by atoms with Crippen molar-refractivity contribution in [3.05, 3.63) is 169 Å². The maximum atomic E-state index is 2.48. The lowest BCUT2D eigenvalue weighted by Crippen LogP contribution is -2.15. The van der Waals surface area contributed by atoms with Gasteiger partial charge < -0.3 is 9.13 Å². The second-order valence-electron chi connectivity index (χ2n) is 13.4. The molecule has 47 heavy (non-hydrogen) atoms. The Balaban J connectivity index is 1.28. The van der Waals surface area contributed by atoms with Crippen LogP contribution in [0.15, 0.2) is 158 Å². The molecule has 7 aromatic carbocycles. The number of benzene rings is 7. The zero-order valence-corrected chi connectivity index (χ0v) is 26.4. The Labute approximate surface area is 273 Å². The molecule has 222 valence electrons. The third-order valence-corrected chi connectivity index (χ3v) is 10.5. The van der Waals surface area contributed by atoms with Gasteiger partial charge in [-0.25, -0.2) is 0 Å². The summed E-state index contributed by atoms with van der Waals surface area (Å²) in [4.78, 5) is 0. The SMILES string of the molecule is CC1(C)c2ccccc2-c2ccc3c(c21)c1ccccc1n3-c1ccc2c(c1)c1cc(-c3ccccc3)ccc1n2-c1ccccc1. The minimum absolute atomic E-state index is 0.0959. The van der Waals surface area contributed by atoms with Gasteiger partial charge in [0.05, 0.1) is 22.1 Å². The Kier molecular flexibility index (Phi) is 5.37. The van der Waals surface area contributed by atoms with Gasteiger partial charge in [0.2, 0.25) is 0 Å². The zero-order valence-electron chi connectivity index (χ0n) is 26.4. The van der Waals surface area contributed by atoms with Crippen LogP contribution in [0.2, 0.25) is 0 Å². The van der Waals surface area contributed by atoms with E-state index in [-0.39, 0.29) is 5.41 Å². The van der Waals surface area contributed by atoms with Crippen LogP contribution in [0.4, 0.5) is 0 Å². The molecule has 2 heterocycles. The highest BCUT2D eigenvalue weighted by Crippen LogP contribution is 2.53. The molecule has 1 aliphatic rings. The molecule has 0 atom stereocenters. The molecule has 2 nitrogen and oxygen atoms in total. The standard InChI is InChI=1S/C45H32N2/c1-45(2)38-19-11-9-17-33(38)34-23-26-42-43(44(34)45)35-18-10-12-20-39(35)47(42)32-22-25-41-37(28-32)36-27-30(29-13-5-3-6-14-29)21-24-40(36)46(41)31-15-7-4-8-16-31/h3-28H,1-2H3. The first-order valence-corrected chi connectivity index (χ1v) is 16.5. The third-order valence-electron chi connectivity index (χ3n) is 10.5. The van der Waals surface area contributed by atoms with Crippen molar-refractivity contribution in [3.8, 4) is 33.6 Å². The first kappa shape index (κ1) is 26.4. The second-order valence-corrected chi connectivity index (χ2v) is 13.4. The molecule has 0 bridgehead atoms. The van der Waals surface area contributed by atoms with Gasteiger partial charge in [-0.15, -0.1) is 0 Å². The summed E-state index contributed by atoms with van der Waals surface area (Å²) >= 11 is 0. The number of fused-ring (bicyclic) bond motifs is 10. The van der Waals surface area contributed by atoms with Crippen LogP contribution < -0.4 is 0 Å². The van der Waals surface area contributed by atoms with Gasteiger partial charge in [0.1, 0.15) is 0 Å². The molecule has 0 saturated carbocycles. The lowest BCUT2D eigenvalue weighted by atomic mass is 9.80. The van der Waals surface area contributed by atoms with E-state index in [9.17, 15) is 0 Å². The van der Waals surface area contributed by atoms with E-state index in [1.54, 1.807) is 0 Å². The number of para-hydroxylation sites is 2. The van der Waals surface area contributed by atoms with Gasteiger partial charge in [-0.1, -0.05) is 117 Å². The molecule has 0 unspecified atom stereocenters. The molecule has 9 aromatic rings. The van der Waals surface area contributed by atoms with Crippen molar-refractivity contribution >= 4 is 43.6 Å². The zero-order chi connectivity index (χ0) is 31.3. The molecule has 0 radical (unpaired) electrons. The lowest BCUT2D eigenvalue weighted by molar-refractivity contribution is 0.666. The Hall–Kier alpha value is -5.86. The van der Waals surface area contributed by atoms with E-state index in [2.05, 4.69) is 181 Å². The van der Waals surface area contributed by atoms with Crippen molar-refractivity contribution in [1.29, 1.82) is 0 Å². The maximum absolute atomic E-state index is 2.48. The first-order valence-electron chi connectivity index (χ1n) is 16.5. The van der Waals surface area contributed by atoms with Gasteiger partial charge in [0.15, 0.2) is 0 Å². The molecule has 0 fully saturated rings. The molecule has 0 amide bonds. The fraction of sp³-hybridized carbons (Fsp3) is 0.0667. The predicted octanol–water partition coefficient (Wildman–Crippen LogP) is 11.9. The summed E-state index contributed by atoms with van der Waals surface area (Å²) in [5.74, 6) is 0. The van der Waals surface area contributed by atoms with Gasteiger partial charge in [-0.3, -0.25) is 0 Å². The summed E-state index contributed by atoms with van der Waals surface area (Å²) in [6.45, 7) is 4.77. The van der Waals surface area contributed by atoms with E-state index in [1.807, 2.05) is 0 Å². The van der Waals surface area contributed by atoms with Gasteiger partial charge in [-0.2, -0.15) is 0 Å². The van der Waals surface area contributed by atoms with E-state index < -0.39 is 0 Å². The molecule has 0 spiro atoms. The number of aromatic nitrogens is 2. The molecule has 2 heteroatoms. The molecule has 0 aliphatic heterocycles. The van der Waals surface area contributed by atoms with Crippen molar-refractivity contribution in [2.24, 2.45) is 0 Å². The minimum Gasteiger partial charge on any atom is -0.309 e. The van der Waals surface area contributed by atoms with Crippen LogP contribution in [-0.2, 0) is 5.41 Å². The molecule has 10 rings (SSSR count). The summed E-state index contributed by atoms with van der Waals surface area (Å²) in [6, 6.07) is 57.9. The average Bonchev–Trinajstić information content (AvgIpc) is 3.71. The normalized spacial score (nSPS) is 13.5. The number of nitrogens with zero attached hydrogens (tertiary/aromatic N) is 2. The Morgan fingerprint density at radius 2 is 1.02 bits per heavy atom. The third kappa shape index (κ3) is 3.61. The van der Waals surface area contributed by atoms with Crippen LogP contribution in [0.25, 0.3) is 77.2 Å². The van der Waals surface area contributed by atoms with E-state index >= 15 is 0 Å². The van der Waals surface area contributed by atoms with Crippen molar-refractivity contribution in [1.82, 2.24) is 9.13 Å². The van der Waals surface area contributed by atoms with Gasteiger partial charge >= 0.3 is 0 Å². The summed E-state index contributed by atoms with van der Waals surface area (Å²) in [5.41, 5.74) is 15.2. The quantitative estimate of drug-likeness (QED) is 0.191. The number of hydrogen-bond acceptors (Lipinski definition) is 0. The largest absolute Gasteiger partial charge is 0.309 e. The van der Waals surface area contributed by atoms with Crippen LogP contribution in [0.1, 0.15) is 25.0 Å². The van der Waals surface area contributed by atoms with E-state index in [4.69, 9.17) is 0 Å². The molecule has 1 aliphatic carbocycles. The summed E-state index contributed by atoms with van der Waals surface area (Å²) in [6.07, 6.45) is 0. The van der Waals surface area contributed by atoms with Crippen LogP contribution in [0, 0.1) is 0 Å². The summed E-state index contributed by atoms with van der Waals surface area (Å²) < 4.78 is 4.89. The van der Waals surface area contributed by atoms with Crippen molar-refractivity contribution in [2.45, 2.75) is 19.3 Å². The molecule has 0 N–H and O–H groups in total. The van der Waals surface area contributed by atoms with Crippen LogP contribution in [0.3, 0.4) is 0 Å². The van der Waals surface area contributed by atoms with E-state index in [0.717, 1.165) is 0 Å². The van der Waals surface area contributed by atoms with Crippen molar-refractivity contribution < 1.29 is 0 Å². The van der Waals surface area contributed by atoms with E-state index in [1.165, 1.54) is 88.4 Å². The second kappa shape index (κ2) is 9.57. The minimum atomic E-state index is -0.0959. The Morgan fingerprint density at radius 1 is 0.404 bits per heavy atom. The molecular weight excluding hydrogens is 569 g/mol. The maximum Gasteiger partial charge on any atom is 0.0544 e. The van der Waals surface area contributed by atoms with Gasteiger partial charge in [0.25, 0.3) is 0 Å². The fourth-order valence-electron chi connectivity index (χ4n) is 8.43. The van der Waals surface area contributed by atoms with Crippen molar-refractivity contribution in [2.75, 3.05) is 0 Å². The Bertz CT molecular complexity index is 2690. The Morgan fingerprint density at radius 3 is 1.85 bits per heavy atom. The van der Waals surface area contributed by atoms with Crippen LogP contribution in [0.5, 0.6) is 0 Å². The molecule has 2 aromatic heterocycles. The fourth-order valence-corrected chi connectivity index (χ4v) is 8.43. The molecule has 0 saturated heterocycles. The number of rotatable bonds is 3. The average molecular weight is 601 g/mol. The predicted molar refractivity (Wildman–Crippen MR) is 198 cm³/mol. The van der Waals surface area contributed by atoms with E-state index in [0.29, 0.717) is 0 Å². The highest BCUT2D eigenvalue weighted by molar-refractivity contribution is 6.15. The van der Waals surface area contributed by atoms with Crippen LogP contribution >= 0.6 is 0 Å². The van der Waals surface area contributed by atoms with Crippen LogP contribution in [-0.4, -0.2) is 9.13 Å². The monoisotopic (exact) mass is 600 g/mol. The first-order chi connectivity index (χ1) is 23.1. The van der Waals surface area contributed by atoms with Gasteiger partial charge in [-0.05, 0) is 88.0 Å². The lowest BCUT2D eigenvalue weighted by Gasteiger charge is -2.22. The van der Waals surface area contributed by atoms with Crippen molar-refractivity contribution in [3.63, 3.8) is 0 Å².